The van der Waals surface area contributed by atoms with Gasteiger partial charge in [-0.25, -0.2) is 0 Å². The van der Waals surface area contributed by atoms with E-state index in [4.69, 9.17) is 0 Å². The predicted molar refractivity (Wildman–Crippen MR) is 170 cm³/mol. The third-order valence-electron chi connectivity index (χ3n) is 8.75. The number of fused-ring (bicyclic) bond motifs is 1. The Hall–Kier alpha value is -3.52. The molecule has 0 bridgehead atoms. The second-order valence-corrected chi connectivity index (χ2v) is 12.4. The largest absolute Gasteiger partial charge is 0.318 e. The zero-order chi connectivity index (χ0) is 27.8. The molecule has 4 aromatic rings. The second kappa shape index (κ2) is 10.6. The van der Waals surface area contributed by atoms with Gasteiger partial charge in [0.05, 0.1) is 17.1 Å². The Bertz CT molecular complexity index is 1430. The van der Waals surface area contributed by atoms with Gasteiger partial charge < -0.3 is 9.80 Å². The lowest BCUT2D eigenvalue weighted by Crippen LogP contribution is -2.37. The van der Waals surface area contributed by atoms with Crippen LogP contribution in [0, 0.1) is 0 Å². The second-order valence-electron chi connectivity index (χ2n) is 12.4. The predicted octanol–water partition coefficient (Wildman–Crippen LogP) is 10.8. The molecular weight excluding hydrogens is 472 g/mol. The summed E-state index contributed by atoms with van der Waals surface area (Å²) < 4.78 is 0. The number of nitrogens with zero attached hydrogens (tertiary/aromatic N) is 2. The highest BCUT2D eigenvalue weighted by atomic mass is 15.4. The SMILES string of the molecule is CCCC(C)(CC)c1ccc(C(C)(C)C)cc1N1c2ccccc2N(c2ccccc2-c2ccccc2)C1C. The maximum atomic E-state index is 2.60. The van der Waals surface area contributed by atoms with Crippen LogP contribution in [0.1, 0.15) is 78.9 Å². The fourth-order valence-corrected chi connectivity index (χ4v) is 6.36. The van der Waals surface area contributed by atoms with Crippen molar-refractivity contribution >= 4 is 22.7 Å². The number of rotatable bonds is 7. The third kappa shape index (κ3) is 4.86. The van der Waals surface area contributed by atoms with Crippen LogP contribution in [0.25, 0.3) is 11.1 Å². The molecule has 0 N–H and O–H groups in total. The minimum atomic E-state index is 0.0722. The van der Waals surface area contributed by atoms with Gasteiger partial charge in [-0.15, -0.1) is 0 Å². The normalized spacial score (nSPS) is 16.7. The Morgan fingerprint density at radius 3 is 1.79 bits per heavy atom. The molecule has 0 saturated carbocycles. The van der Waals surface area contributed by atoms with Crippen LogP contribution < -0.4 is 9.80 Å². The molecular formula is C37H44N2. The zero-order valence-corrected chi connectivity index (χ0v) is 24.8. The standard InChI is InChI=1S/C37H44N2/c1-8-25-37(7,9-2)31-24-23-29(36(4,5)6)26-35(31)39-27(3)38(33-21-15-16-22-34(33)39)32-20-14-13-19-30(32)28-17-11-10-12-18-28/h10-24,26-27H,8-9,25H2,1-7H3. The first kappa shape index (κ1) is 27.1. The maximum absolute atomic E-state index is 2.60. The zero-order valence-electron chi connectivity index (χ0n) is 24.8. The van der Waals surface area contributed by atoms with Crippen LogP contribution in [-0.4, -0.2) is 6.17 Å². The van der Waals surface area contributed by atoms with Crippen LogP contribution in [0.15, 0.2) is 97.1 Å². The van der Waals surface area contributed by atoms with Crippen molar-refractivity contribution in [1.29, 1.82) is 0 Å². The summed E-state index contributed by atoms with van der Waals surface area (Å²) >= 11 is 0. The summed E-state index contributed by atoms with van der Waals surface area (Å²) in [6.07, 6.45) is 3.58. The van der Waals surface area contributed by atoms with Gasteiger partial charge in [-0.2, -0.15) is 0 Å². The van der Waals surface area contributed by atoms with Gasteiger partial charge in [-0.05, 0) is 71.6 Å². The van der Waals surface area contributed by atoms with E-state index < -0.39 is 0 Å². The number of hydrogen-bond acceptors (Lipinski definition) is 2. The number of hydrogen-bond donors (Lipinski definition) is 0. The van der Waals surface area contributed by atoms with Gasteiger partial charge in [0.15, 0.2) is 0 Å². The molecule has 2 nitrogen and oxygen atoms in total. The van der Waals surface area contributed by atoms with E-state index in [1.807, 2.05) is 0 Å². The van der Waals surface area contributed by atoms with E-state index in [-0.39, 0.29) is 17.0 Å². The molecule has 0 radical (unpaired) electrons. The Morgan fingerprint density at radius 1 is 0.641 bits per heavy atom. The average molecular weight is 517 g/mol. The first-order valence-electron chi connectivity index (χ1n) is 14.7. The summed E-state index contributed by atoms with van der Waals surface area (Å²) in [6.45, 7) is 16.4. The monoisotopic (exact) mass is 516 g/mol. The lowest BCUT2D eigenvalue weighted by molar-refractivity contribution is 0.413. The van der Waals surface area contributed by atoms with Crippen molar-refractivity contribution in [3.05, 3.63) is 108 Å². The first-order valence-corrected chi connectivity index (χ1v) is 14.7. The van der Waals surface area contributed by atoms with Gasteiger partial charge in [-0.1, -0.05) is 121 Å². The highest BCUT2D eigenvalue weighted by Gasteiger charge is 2.39. The van der Waals surface area contributed by atoms with Crippen LogP contribution in [0.2, 0.25) is 0 Å². The lowest BCUT2D eigenvalue weighted by Gasteiger charge is -2.38. The lowest BCUT2D eigenvalue weighted by atomic mass is 9.74. The van der Waals surface area contributed by atoms with E-state index in [1.54, 1.807) is 0 Å². The molecule has 0 fully saturated rings. The minimum absolute atomic E-state index is 0.0722. The van der Waals surface area contributed by atoms with Crippen LogP contribution in [0.3, 0.4) is 0 Å². The van der Waals surface area contributed by atoms with E-state index >= 15 is 0 Å². The molecule has 2 heteroatoms. The Labute approximate surface area is 236 Å². The summed E-state index contributed by atoms with van der Waals surface area (Å²) in [5.41, 5.74) is 10.6. The topological polar surface area (TPSA) is 6.48 Å². The summed E-state index contributed by atoms with van der Waals surface area (Å²) in [5, 5.41) is 0. The Morgan fingerprint density at radius 2 is 1.21 bits per heavy atom. The molecule has 1 heterocycles. The van der Waals surface area contributed by atoms with Gasteiger partial charge in [0, 0.05) is 11.3 Å². The molecule has 0 amide bonds. The van der Waals surface area contributed by atoms with Crippen molar-refractivity contribution < 1.29 is 0 Å². The molecule has 5 rings (SSSR count). The Kier molecular flexibility index (Phi) is 7.33. The van der Waals surface area contributed by atoms with Crippen molar-refractivity contribution in [2.75, 3.05) is 9.80 Å². The van der Waals surface area contributed by atoms with Gasteiger partial charge in [0.2, 0.25) is 0 Å². The van der Waals surface area contributed by atoms with Gasteiger partial charge >= 0.3 is 0 Å². The van der Waals surface area contributed by atoms with Gasteiger partial charge in [0.25, 0.3) is 0 Å². The summed E-state index contributed by atoms with van der Waals surface area (Å²) in [4.78, 5) is 5.14. The average Bonchev–Trinajstić information content (AvgIpc) is 3.24. The van der Waals surface area contributed by atoms with Crippen LogP contribution >= 0.6 is 0 Å². The number of anilines is 4. The molecule has 1 aliphatic heterocycles. The fourth-order valence-electron chi connectivity index (χ4n) is 6.36. The van der Waals surface area contributed by atoms with E-state index in [0.717, 1.165) is 6.42 Å². The number of benzene rings is 4. The summed E-state index contributed by atoms with van der Waals surface area (Å²) in [7, 11) is 0. The first-order chi connectivity index (χ1) is 18.7. The molecule has 0 aliphatic carbocycles. The van der Waals surface area contributed by atoms with Crippen LogP contribution in [0.5, 0.6) is 0 Å². The van der Waals surface area contributed by atoms with Gasteiger partial charge in [0.1, 0.15) is 6.17 Å². The van der Waals surface area contributed by atoms with Crippen molar-refractivity contribution in [3.63, 3.8) is 0 Å². The smallest absolute Gasteiger partial charge is 0.108 e. The maximum Gasteiger partial charge on any atom is 0.108 e. The number of para-hydroxylation sites is 3. The highest BCUT2D eigenvalue weighted by Crippen LogP contribution is 2.52. The quantitative estimate of drug-likeness (QED) is 0.241. The summed E-state index contributed by atoms with van der Waals surface area (Å²) in [5.74, 6) is 0. The van der Waals surface area contributed by atoms with E-state index in [2.05, 4.69) is 155 Å². The highest BCUT2D eigenvalue weighted by molar-refractivity contribution is 5.93. The molecule has 2 unspecified atom stereocenters. The molecule has 1 aliphatic rings. The van der Waals surface area contributed by atoms with Crippen LogP contribution in [0.4, 0.5) is 22.7 Å². The molecule has 2 atom stereocenters. The molecule has 39 heavy (non-hydrogen) atoms. The molecule has 4 aromatic carbocycles. The van der Waals surface area contributed by atoms with Gasteiger partial charge in [-0.3, -0.25) is 0 Å². The van der Waals surface area contributed by atoms with E-state index in [1.165, 1.54) is 57.8 Å². The minimum Gasteiger partial charge on any atom is -0.318 e. The molecule has 202 valence electrons. The van der Waals surface area contributed by atoms with Crippen molar-refractivity contribution in [2.24, 2.45) is 0 Å². The Balaban J connectivity index is 1.73. The molecule has 0 spiro atoms. The van der Waals surface area contributed by atoms with Crippen molar-refractivity contribution in [1.82, 2.24) is 0 Å². The van der Waals surface area contributed by atoms with Crippen molar-refractivity contribution in [2.45, 2.75) is 84.7 Å². The fraction of sp³-hybridized carbons (Fsp3) is 0.351. The van der Waals surface area contributed by atoms with Crippen LogP contribution in [-0.2, 0) is 10.8 Å². The van der Waals surface area contributed by atoms with Crippen molar-refractivity contribution in [3.8, 4) is 11.1 Å². The third-order valence-corrected chi connectivity index (χ3v) is 8.75. The van der Waals surface area contributed by atoms with E-state index in [9.17, 15) is 0 Å². The summed E-state index contributed by atoms with van der Waals surface area (Å²) in [6, 6.07) is 35.9. The molecule has 0 aromatic heterocycles. The van der Waals surface area contributed by atoms with E-state index in [0.29, 0.717) is 0 Å². The molecule has 0 saturated heterocycles.